The Labute approximate surface area is 180 Å². The van der Waals surface area contributed by atoms with E-state index in [1.807, 2.05) is 32.2 Å². The van der Waals surface area contributed by atoms with Gasteiger partial charge in [-0.05, 0) is 31.0 Å². The predicted molar refractivity (Wildman–Crippen MR) is 121 cm³/mol. The van der Waals surface area contributed by atoms with Gasteiger partial charge in [0.05, 0.1) is 20.8 Å². The van der Waals surface area contributed by atoms with Crippen molar-refractivity contribution in [2.75, 3.05) is 55.0 Å². The molecular formula is C19H33IN4O3. The number of ether oxygens (including phenoxy) is 2. The van der Waals surface area contributed by atoms with Crippen molar-refractivity contribution in [2.45, 2.75) is 19.8 Å². The summed E-state index contributed by atoms with van der Waals surface area (Å²) in [5.74, 6) is 2.35. The molecule has 0 radical (unpaired) electrons. The molecular weight excluding hydrogens is 459 g/mol. The zero-order chi connectivity index (χ0) is 19.5. The number of guanidine groups is 1. The van der Waals surface area contributed by atoms with Crippen LogP contribution in [0.5, 0.6) is 11.5 Å². The Kier molecular flexibility index (Phi) is 12.6. The van der Waals surface area contributed by atoms with Gasteiger partial charge in [0.15, 0.2) is 17.5 Å². The summed E-state index contributed by atoms with van der Waals surface area (Å²) in [4.78, 5) is 19.9. The van der Waals surface area contributed by atoms with E-state index < -0.39 is 0 Å². The lowest BCUT2D eigenvalue weighted by Crippen LogP contribution is -2.40. The molecule has 0 saturated heterocycles. The highest BCUT2D eigenvalue weighted by Crippen LogP contribution is 2.27. The highest BCUT2D eigenvalue weighted by atomic mass is 127. The van der Waals surface area contributed by atoms with E-state index in [4.69, 9.17) is 9.47 Å². The number of aliphatic imine (C=N–C) groups is 1. The number of likely N-dealkylation sites (N-methyl/N-ethyl adjacent to an activating group) is 1. The second kappa shape index (κ2) is 13.5. The Morgan fingerprint density at radius 1 is 1.15 bits per heavy atom. The highest BCUT2D eigenvalue weighted by molar-refractivity contribution is 14.0. The van der Waals surface area contributed by atoms with Crippen molar-refractivity contribution in [3.8, 4) is 11.5 Å². The summed E-state index contributed by atoms with van der Waals surface area (Å²) >= 11 is 0. The molecule has 0 aromatic heterocycles. The Morgan fingerprint density at radius 3 is 2.37 bits per heavy atom. The monoisotopic (exact) mass is 492 g/mol. The second-order valence-corrected chi connectivity index (χ2v) is 6.13. The van der Waals surface area contributed by atoms with Gasteiger partial charge < -0.3 is 24.6 Å². The number of benzene rings is 1. The van der Waals surface area contributed by atoms with E-state index >= 15 is 0 Å². The summed E-state index contributed by atoms with van der Waals surface area (Å²) in [5.41, 5.74) is 1.16. The number of rotatable bonds is 9. The molecule has 0 fully saturated rings. The molecule has 7 nitrogen and oxygen atoms in total. The van der Waals surface area contributed by atoms with Crippen LogP contribution in [-0.4, -0.2) is 76.7 Å². The summed E-state index contributed by atoms with van der Waals surface area (Å²) in [7, 11) is 8.78. The van der Waals surface area contributed by atoms with Gasteiger partial charge in [0, 0.05) is 40.7 Å². The summed E-state index contributed by atoms with van der Waals surface area (Å²) in [5, 5.41) is 3.27. The van der Waals surface area contributed by atoms with E-state index in [1.165, 1.54) is 0 Å². The number of carbonyl (C=O) groups is 1. The van der Waals surface area contributed by atoms with Gasteiger partial charge in [-0.15, -0.1) is 24.0 Å². The fourth-order valence-electron chi connectivity index (χ4n) is 2.39. The third-order valence-corrected chi connectivity index (χ3v) is 3.97. The molecule has 8 heteroatoms. The van der Waals surface area contributed by atoms with Crippen LogP contribution in [0, 0.1) is 0 Å². The maximum Gasteiger partial charge on any atom is 0.223 e. The van der Waals surface area contributed by atoms with E-state index in [9.17, 15) is 4.79 Å². The van der Waals surface area contributed by atoms with Crippen LogP contribution in [-0.2, 0) is 11.2 Å². The summed E-state index contributed by atoms with van der Waals surface area (Å²) < 4.78 is 10.6. The minimum Gasteiger partial charge on any atom is -0.493 e. The average Bonchev–Trinajstić information content (AvgIpc) is 2.64. The second-order valence-electron chi connectivity index (χ2n) is 6.13. The number of halogens is 1. The molecule has 0 aliphatic rings. The molecule has 154 valence electrons. The van der Waals surface area contributed by atoms with E-state index in [2.05, 4.69) is 15.2 Å². The third kappa shape index (κ3) is 8.68. The number of methoxy groups -OCH3 is 2. The largest absolute Gasteiger partial charge is 0.493 e. The number of nitrogens with one attached hydrogen (secondary N) is 1. The number of hydrogen-bond donors (Lipinski definition) is 1. The standard InChI is InChI=1S/C19H32N4O3.HI/c1-7-20-19(21-12-10-18(24)22(2)3)23(4)13-11-15-8-9-16(25-5)17(14-15)26-6;/h8-9,14H,7,10-13H2,1-6H3,(H,20,21);1H. The van der Waals surface area contributed by atoms with Gasteiger partial charge in [-0.2, -0.15) is 0 Å². The van der Waals surface area contributed by atoms with Crippen LogP contribution in [0.25, 0.3) is 0 Å². The van der Waals surface area contributed by atoms with Crippen molar-refractivity contribution in [2.24, 2.45) is 4.99 Å². The van der Waals surface area contributed by atoms with Crippen molar-refractivity contribution in [3.63, 3.8) is 0 Å². The molecule has 1 N–H and O–H groups in total. The van der Waals surface area contributed by atoms with Crippen molar-refractivity contribution >= 4 is 35.8 Å². The highest BCUT2D eigenvalue weighted by Gasteiger charge is 2.09. The van der Waals surface area contributed by atoms with Gasteiger partial charge in [-0.1, -0.05) is 6.07 Å². The number of carbonyl (C=O) groups excluding carboxylic acids is 1. The molecule has 1 amide bonds. The molecule has 27 heavy (non-hydrogen) atoms. The Balaban J connectivity index is 0.00000676. The van der Waals surface area contributed by atoms with Crippen LogP contribution in [0.3, 0.4) is 0 Å². The van der Waals surface area contributed by atoms with Crippen molar-refractivity contribution in [1.29, 1.82) is 0 Å². The summed E-state index contributed by atoms with van der Waals surface area (Å²) in [6.45, 7) is 4.08. The van der Waals surface area contributed by atoms with Crippen LogP contribution in [0.2, 0.25) is 0 Å². The molecule has 0 bridgehead atoms. The molecule has 0 heterocycles. The van der Waals surface area contributed by atoms with Gasteiger partial charge >= 0.3 is 0 Å². The van der Waals surface area contributed by atoms with Crippen molar-refractivity contribution in [3.05, 3.63) is 23.8 Å². The molecule has 0 unspecified atom stereocenters. The zero-order valence-electron chi connectivity index (χ0n) is 17.2. The zero-order valence-corrected chi connectivity index (χ0v) is 19.6. The Bertz CT molecular complexity index is 609. The summed E-state index contributed by atoms with van der Waals surface area (Å²) in [6, 6.07) is 5.95. The molecule has 1 rings (SSSR count). The van der Waals surface area contributed by atoms with Gasteiger partial charge in [0.25, 0.3) is 0 Å². The first-order valence-electron chi connectivity index (χ1n) is 8.83. The number of hydrogen-bond acceptors (Lipinski definition) is 4. The average molecular weight is 492 g/mol. The molecule has 0 spiro atoms. The lowest BCUT2D eigenvalue weighted by Gasteiger charge is -2.22. The first-order chi connectivity index (χ1) is 12.4. The first-order valence-corrected chi connectivity index (χ1v) is 8.83. The van der Waals surface area contributed by atoms with Gasteiger partial charge in [-0.25, -0.2) is 0 Å². The van der Waals surface area contributed by atoms with Crippen LogP contribution in [0.1, 0.15) is 18.9 Å². The molecule has 0 atom stereocenters. The Hall–Kier alpha value is -1.71. The molecule has 1 aromatic carbocycles. The van der Waals surface area contributed by atoms with Crippen LogP contribution in [0.15, 0.2) is 23.2 Å². The topological polar surface area (TPSA) is 66.4 Å². The van der Waals surface area contributed by atoms with Gasteiger partial charge in [0.1, 0.15) is 0 Å². The molecule has 0 aliphatic heterocycles. The fraction of sp³-hybridized carbons (Fsp3) is 0.579. The lowest BCUT2D eigenvalue weighted by atomic mass is 10.1. The van der Waals surface area contributed by atoms with E-state index in [0.717, 1.165) is 42.5 Å². The first kappa shape index (κ1) is 25.3. The summed E-state index contributed by atoms with van der Waals surface area (Å²) in [6.07, 6.45) is 1.25. The molecule has 0 saturated carbocycles. The Morgan fingerprint density at radius 2 is 1.81 bits per heavy atom. The minimum atomic E-state index is 0. The van der Waals surface area contributed by atoms with E-state index in [0.29, 0.717) is 13.0 Å². The smallest absolute Gasteiger partial charge is 0.223 e. The van der Waals surface area contributed by atoms with Gasteiger partial charge in [0.2, 0.25) is 5.91 Å². The maximum absolute atomic E-state index is 11.7. The maximum atomic E-state index is 11.7. The predicted octanol–water partition coefficient (Wildman–Crippen LogP) is 2.24. The lowest BCUT2D eigenvalue weighted by molar-refractivity contribution is -0.128. The minimum absolute atomic E-state index is 0. The van der Waals surface area contributed by atoms with Crippen molar-refractivity contribution in [1.82, 2.24) is 15.1 Å². The molecule has 0 aliphatic carbocycles. The third-order valence-electron chi connectivity index (χ3n) is 3.97. The van der Waals surface area contributed by atoms with Crippen LogP contribution in [0.4, 0.5) is 0 Å². The normalized spacial score (nSPS) is 10.7. The van der Waals surface area contributed by atoms with Crippen LogP contribution >= 0.6 is 24.0 Å². The van der Waals surface area contributed by atoms with Crippen molar-refractivity contribution < 1.29 is 14.3 Å². The number of nitrogens with zero attached hydrogens (tertiary/aromatic N) is 3. The molecule has 1 aromatic rings. The van der Waals surface area contributed by atoms with E-state index in [1.54, 1.807) is 33.2 Å². The van der Waals surface area contributed by atoms with Crippen LogP contribution < -0.4 is 14.8 Å². The number of amides is 1. The van der Waals surface area contributed by atoms with E-state index in [-0.39, 0.29) is 29.9 Å². The fourth-order valence-corrected chi connectivity index (χ4v) is 2.39. The quantitative estimate of drug-likeness (QED) is 0.326. The SMILES string of the molecule is CCNC(=NCCC(=O)N(C)C)N(C)CCc1ccc(OC)c(OC)c1.I. The van der Waals surface area contributed by atoms with Gasteiger partial charge in [-0.3, -0.25) is 9.79 Å².